The average molecular weight is 542 g/mol. The van der Waals surface area contributed by atoms with Gasteiger partial charge in [0.1, 0.15) is 0 Å². The summed E-state index contributed by atoms with van der Waals surface area (Å²) in [5.74, 6) is -1.00. The maximum atomic E-state index is 12.3. The second kappa shape index (κ2) is 24.9. The monoisotopic (exact) mass is 541 g/mol. The Morgan fingerprint density at radius 1 is 0.730 bits per heavy atom. The van der Waals surface area contributed by atoms with Gasteiger partial charge in [-0.25, -0.2) is 0 Å². The number of unbranched alkanes of at least 4 members (excludes halogenated alkanes) is 13. The van der Waals surface area contributed by atoms with Gasteiger partial charge in [-0.05, 0) is 44.9 Å². The summed E-state index contributed by atoms with van der Waals surface area (Å²) < 4.78 is 32.1. The van der Waals surface area contributed by atoms with E-state index >= 15 is 0 Å². The van der Waals surface area contributed by atoms with Crippen LogP contribution in [0.25, 0.3) is 0 Å². The second-order valence-corrected chi connectivity index (χ2v) is 11.5. The van der Waals surface area contributed by atoms with E-state index < -0.39 is 28.0 Å². The first kappa shape index (κ1) is 35.6. The number of hydrogen-bond acceptors (Lipinski definition) is 4. The Kier molecular flexibility index (Phi) is 23.9. The van der Waals surface area contributed by atoms with Gasteiger partial charge in [0, 0.05) is 6.42 Å². The van der Waals surface area contributed by atoms with Crippen molar-refractivity contribution < 1.29 is 22.9 Å². The molecule has 0 spiro atoms. The van der Waals surface area contributed by atoms with Crippen LogP contribution >= 0.6 is 0 Å². The fourth-order valence-electron chi connectivity index (χ4n) is 4.07. The lowest BCUT2D eigenvalue weighted by molar-refractivity contribution is -0.122. The van der Waals surface area contributed by atoms with Gasteiger partial charge in [-0.15, -0.1) is 0 Å². The quantitative estimate of drug-likeness (QED) is 0.0632. The van der Waals surface area contributed by atoms with Gasteiger partial charge in [-0.3, -0.25) is 9.35 Å². The second-order valence-electron chi connectivity index (χ2n) is 10.0. The van der Waals surface area contributed by atoms with Crippen LogP contribution < -0.4 is 5.32 Å². The molecule has 0 aromatic heterocycles. The smallest absolute Gasteiger partial charge is 0.267 e. The number of aliphatic hydroxyl groups is 1. The highest BCUT2D eigenvalue weighted by atomic mass is 32.2. The summed E-state index contributed by atoms with van der Waals surface area (Å²) in [6, 6.07) is -1.06. The van der Waals surface area contributed by atoms with Crippen molar-refractivity contribution in [2.75, 3.05) is 5.75 Å². The maximum Gasteiger partial charge on any atom is 0.267 e. The van der Waals surface area contributed by atoms with Crippen molar-refractivity contribution in [2.45, 2.75) is 142 Å². The molecule has 216 valence electrons. The highest BCUT2D eigenvalue weighted by Gasteiger charge is 2.24. The molecule has 0 saturated heterocycles. The normalized spacial score (nSPS) is 14.2. The number of allylic oxidation sites excluding steroid dienone is 5. The Balaban J connectivity index is 4.15. The number of carbonyl (C=O) groups is 1. The molecular formula is C30H55NO5S. The van der Waals surface area contributed by atoms with E-state index in [0.717, 1.165) is 64.2 Å². The van der Waals surface area contributed by atoms with Gasteiger partial charge in [0.2, 0.25) is 5.91 Å². The molecular weight excluding hydrogens is 486 g/mol. The standard InChI is InChI=1S/C30H55NO5S/c1-3-5-7-9-11-13-14-15-16-18-20-22-24-26-30(33)31-28(27-37(34,35)36)29(32)25-23-21-19-17-12-10-8-6-4-2/h7,9,13-14,23,25,28-29,32H,3-6,8,10-12,15-22,24,26-27H2,1-2H3,(H,31,33)(H,34,35,36)/b9-7-,14-13-,25-23+. The molecule has 0 heterocycles. The molecule has 0 aliphatic rings. The molecule has 0 aliphatic carbocycles. The van der Waals surface area contributed by atoms with Crippen molar-refractivity contribution in [1.29, 1.82) is 0 Å². The molecule has 0 aliphatic heterocycles. The molecule has 0 saturated carbocycles. The molecule has 2 atom stereocenters. The lowest BCUT2D eigenvalue weighted by atomic mass is 10.1. The Labute approximate surface area is 227 Å². The van der Waals surface area contributed by atoms with Gasteiger partial charge in [0.15, 0.2) is 0 Å². The molecule has 37 heavy (non-hydrogen) atoms. The van der Waals surface area contributed by atoms with Gasteiger partial charge in [-0.1, -0.05) is 115 Å². The van der Waals surface area contributed by atoms with Crippen LogP contribution in [0.3, 0.4) is 0 Å². The van der Waals surface area contributed by atoms with Crippen LogP contribution in [-0.4, -0.2) is 41.9 Å². The summed E-state index contributed by atoms with van der Waals surface area (Å²) in [6.45, 7) is 4.37. The number of nitrogens with one attached hydrogen (secondary N) is 1. The van der Waals surface area contributed by atoms with Crippen molar-refractivity contribution in [3.8, 4) is 0 Å². The summed E-state index contributed by atoms with van der Waals surface area (Å²) in [6.07, 6.45) is 29.9. The number of amides is 1. The zero-order chi connectivity index (χ0) is 27.6. The molecule has 6 nitrogen and oxygen atoms in total. The summed E-state index contributed by atoms with van der Waals surface area (Å²) in [5.41, 5.74) is 0. The molecule has 0 bridgehead atoms. The summed E-state index contributed by atoms with van der Waals surface area (Å²) in [7, 11) is -4.33. The third kappa shape index (κ3) is 26.0. The van der Waals surface area contributed by atoms with Crippen molar-refractivity contribution in [3.63, 3.8) is 0 Å². The number of rotatable bonds is 25. The average Bonchev–Trinajstić information content (AvgIpc) is 2.84. The minimum absolute atomic E-state index is 0.278. The Bertz CT molecular complexity index is 730. The molecule has 0 radical (unpaired) electrons. The van der Waals surface area contributed by atoms with Crippen LogP contribution in [0.2, 0.25) is 0 Å². The number of carbonyl (C=O) groups excluding carboxylic acids is 1. The molecule has 0 aromatic rings. The number of hydrogen-bond donors (Lipinski definition) is 3. The lowest BCUT2D eigenvalue weighted by Gasteiger charge is -2.21. The molecule has 0 fully saturated rings. The minimum Gasteiger partial charge on any atom is -0.387 e. The lowest BCUT2D eigenvalue weighted by Crippen LogP contribution is -2.46. The fourth-order valence-corrected chi connectivity index (χ4v) is 4.81. The fraction of sp³-hybridized carbons (Fsp3) is 0.767. The molecule has 7 heteroatoms. The van der Waals surface area contributed by atoms with Gasteiger partial charge in [-0.2, -0.15) is 8.42 Å². The van der Waals surface area contributed by atoms with Crippen LogP contribution in [-0.2, 0) is 14.9 Å². The van der Waals surface area contributed by atoms with E-state index in [9.17, 15) is 22.9 Å². The first-order chi connectivity index (χ1) is 17.8. The van der Waals surface area contributed by atoms with E-state index in [2.05, 4.69) is 43.5 Å². The molecule has 1 amide bonds. The molecule has 2 unspecified atom stereocenters. The predicted octanol–water partition coefficient (Wildman–Crippen LogP) is 7.45. The van der Waals surface area contributed by atoms with E-state index in [1.165, 1.54) is 44.6 Å². The van der Waals surface area contributed by atoms with E-state index in [4.69, 9.17) is 0 Å². The Hall–Kier alpha value is -1.44. The topological polar surface area (TPSA) is 104 Å². The largest absolute Gasteiger partial charge is 0.387 e. The van der Waals surface area contributed by atoms with E-state index in [-0.39, 0.29) is 12.3 Å². The van der Waals surface area contributed by atoms with Gasteiger partial charge in [0.25, 0.3) is 10.1 Å². The maximum absolute atomic E-state index is 12.3. The number of aliphatic hydroxyl groups excluding tert-OH is 1. The van der Waals surface area contributed by atoms with Gasteiger partial charge < -0.3 is 10.4 Å². The predicted molar refractivity (Wildman–Crippen MR) is 156 cm³/mol. The minimum atomic E-state index is -4.33. The highest BCUT2D eigenvalue weighted by Crippen LogP contribution is 2.11. The third-order valence-corrected chi connectivity index (χ3v) is 7.07. The highest BCUT2D eigenvalue weighted by molar-refractivity contribution is 7.85. The van der Waals surface area contributed by atoms with E-state index in [1.807, 2.05) is 6.08 Å². The first-order valence-corrected chi connectivity index (χ1v) is 16.3. The summed E-state index contributed by atoms with van der Waals surface area (Å²) in [5, 5.41) is 13.0. The van der Waals surface area contributed by atoms with Crippen LogP contribution in [0.4, 0.5) is 0 Å². The summed E-state index contributed by atoms with van der Waals surface area (Å²) >= 11 is 0. The SMILES string of the molecule is CCC/C=C\C/C=C\CCCCCCCC(=O)NC(CS(=O)(=O)O)C(O)/C=C/CCCCCCCCC. The van der Waals surface area contributed by atoms with Crippen molar-refractivity contribution in [3.05, 3.63) is 36.5 Å². The first-order valence-electron chi connectivity index (χ1n) is 14.7. The third-order valence-electron chi connectivity index (χ3n) is 6.29. The van der Waals surface area contributed by atoms with E-state index in [1.54, 1.807) is 0 Å². The van der Waals surface area contributed by atoms with Crippen LogP contribution in [0.15, 0.2) is 36.5 Å². The van der Waals surface area contributed by atoms with Gasteiger partial charge in [0.05, 0.1) is 17.9 Å². The van der Waals surface area contributed by atoms with Crippen LogP contribution in [0.1, 0.15) is 129 Å². The van der Waals surface area contributed by atoms with Crippen molar-refractivity contribution in [1.82, 2.24) is 5.32 Å². The molecule has 0 rings (SSSR count). The van der Waals surface area contributed by atoms with Gasteiger partial charge >= 0.3 is 0 Å². The van der Waals surface area contributed by atoms with Crippen LogP contribution in [0.5, 0.6) is 0 Å². The molecule has 3 N–H and O–H groups in total. The van der Waals surface area contributed by atoms with Crippen molar-refractivity contribution >= 4 is 16.0 Å². The Morgan fingerprint density at radius 3 is 1.86 bits per heavy atom. The molecule has 0 aromatic carbocycles. The zero-order valence-corrected chi connectivity index (χ0v) is 24.4. The van der Waals surface area contributed by atoms with Crippen LogP contribution in [0, 0.1) is 0 Å². The zero-order valence-electron chi connectivity index (χ0n) is 23.6. The Morgan fingerprint density at radius 2 is 1.27 bits per heavy atom. The summed E-state index contributed by atoms with van der Waals surface area (Å²) in [4.78, 5) is 12.3. The van der Waals surface area contributed by atoms with Crippen molar-refractivity contribution in [2.24, 2.45) is 0 Å². The van der Waals surface area contributed by atoms with E-state index in [0.29, 0.717) is 6.42 Å².